The Morgan fingerprint density at radius 2 is 2.67 bits per heavy atom. The molecule has 0 fully saturated rings. The Kier molecular flexibility index (Phi) is 3.19. The Balaban J connectivity index is 2.49. The van der Waals surface area contributed by atoms with Gasteiger partial charge in [-0.1, -0.05) is 0 Å². The number of nitrogens with one attached hydrogen (secondary N) is 1. The van der Waals surface area contributed by atoms with E-state index in [0.717, 1.165) is 5.01 Å². The summed E-state index contributed by atoms with van der Waals surface area (Å²) in [6, 6.07) is -0.0407. The molecule has 0 aliphatic carbocycles. The van der Waals surface area contributed by atoms with Crippen LogP contribution < -0.4 is 11.1 Å². The van der Waals surface area contributed by atoms with Crippen LogP contribution in [-0.2, 0) is 4.79 Å². The number of hydrogen-bond acceptors (Lipinski definition) is 4. The molecular formula is C7H11N3OS. The zero-order chi connectivity index (χ0) is 8.97. The van der Waals surface area contributed by atoms with Crippen molar-refractivity contribution in [1.82, 2.24) is 10.3 Å². The molecule has 0 radical (unpaired) electrons. The second-order valence-electron chi connectivity index (χ2n) is 2.36. The summed E-state index contributed by atoms with van der Waals surface area (Å²) in [4.78, 5) is 14.9. The van der Waals surface area contributed by atoms with E-state index in [-0.39, 0.29) is 18.5 Å². The number of aromatic nitrogens is 1. The number of rotatable bonds is 3. The highest BCUT2D eigenvalue weighted by Crippen LogP contribution is 2.13. The van der Waals surface area contributed by atoms with Gasteiger partial charge in [-0.25, -0.2) is 4.98 Å². The predicted molar refractivity (Wildman–Crippen MR) is 47.7 cm³/mol. The van der Waals surface area contributed by atoms with E-state index in [1.54, 1.807) is 6.20 Å². The summed E-state index contributed by atoms with van der Waals surface area (Å²) in [5.41, 5.74) is 5.14. The highest BCUT2D eigenvalue weighted by atomic mass is 32.1. The summed E-state index contributed by atoms with van der Waals surface area (Å²) in [6.07, 6.45) is 1.71. The summed E-state index contributed by atoms with van der Waals surface area (Å²) in [5.74, 6) is -0.155. The fourth-order valence-electron chi connectivity index (χ4n) is 0.810. The molecule has 0 bridgehead atoms. The molecule has 1 unspecified atom stereocenters. The van der Waals surface area contributed by atoms with Gasteiger partial charge >= 0.3 is 0 Å². The summed E-state index contributed by atoms with van der Waals surface area (Å²) in [7, 11) is 0. The van der Waals surface area contributed by atoms with Crippen molar-refractivity contribution in [1.29, 1.82) is 0 Å². The molecule has 66 valence electrons. The monoisotopic (exact) mass is 185 g/mol. The lowest BCUT2D eigenvalue weighted by molar-refractivity contribution is -0.120. The molecule has 1 heterocycles. The minimum absolute atomic E-state index is 0.0235. The van der Waals surface area contributed by atoms with Crippen LogP contribution >= 0.6 is 11.3 Å². The molecule has 0 aliphatic rings. The van der Waals surface area contributed by atoms with Crippen LogP contribution in [0.1, 0.15) is 18.0 Å². The molecule has 1 aromatic rings. The van der Waals surface area contributed by atoms with Crippen molar-refractivity contribution in [2.75, 3.05) is 6.54 Å². The van der Waals surface area contributed by atoms with Crippen LogP contribution in [-0.4, -0.2) is 17.4 Å². The smallest absolute Gasteiger partial charge is 0.234 e. The summed E-state index contributed by atoms with van der Waals surface area (Å²) in [6.45, 7) is 1.90. The van der Waals surface area contributed by atoms with Crippen LogP contribution in [0.4, 0.5) is 0 Å². The lowest BCUT2D eigenvalue weighted by atomic mass is 10.3. The number of nitrogens with two attached hydrogens (primary N) is 1. The third-order valence-electron chi connectivity index (χ3n) is 1.38. The predicted octanol–water partition coefficient (Wildman–Crippen LogP) is 0.279. The van der Waals surface area contributed by atoms with Crippen molar-refractivity contribution in [2.24, 2.45) is 5.73 Å². The number of carbonyl (C=O) groups is 1. The van der Waals surface area contributed by atoms with Gasteiger partial charge in [-0.2, -0.15) is 0 Å². The summed E-state index contributed by atoms with van der Waals surface area (Å²) in [5, 5.41) is 5.49. The number of carbonyl (C=O) groups excluding carboxylic acids is 1. The maximum Gasteiger partial charge on any atom is 0.234 e. The lowest BCUT2D eigenvalue weighted by Crippen LogP contribution is -2.32. The number of hydrogen-bond donors (Lipinski definition) is 2. The molecule has 1 atom stereocenters. The largest absolute Gasteiger partial charge is 0.346 e. The quantitative estimate of drug-likeness (QED) is 0.710. The molecule has 1 rings (SSSR count). The normalized spacial score (nSPS) is 12.5. The van der Waals surface area contributed by atoms with Crippen LogP contribution in [0.2, 0.25) is 0 Å². The Morgan fingerprint density at radius 1 is 1.92 bits per heavy atom. The fourth-order valence-corrected chi connectivity index (χ4v) is 1.46. The van der Waals surface area contributed by atoms with Crippen molar-refractivity contribution in [3.63, 3.8) is 0 Å². The van der Waals surface area contributed by atoms with E-state index in [1.165, 1.54) is 11.3 Å². The van der Waals surface area contributed by atoms with Crippen molar-refractivity contribution in [3.8, 4) is 0 Å². The standard InChI is InChI=1S/C7H11N3OS/c1-5(10-6(11)4-8)7-9-2-3-12-7/h2-3,5H,4,8H2,1H3,(H,10,11). The molecule has 0 spiro atoms. The Bertz CT molecular complexity index is 247. The summed E-state index contributed by atoms with van der Waals surface area (Å²) < 4.78 is 0. The molecule has 0 aromatic carbocycles. The molecule has 5 heteroatoms. The van der Waals surface area contributed by atoms with E-state index in [2.05, 4.69) is 10.3 Å². The Labute approximate surface area is 74.8 Å². The average molecular weight is 185 g/mol. The maximum atomic E-state index is 10.9. The van der Waals surface area contributed by atoms with E-state index >= 15 is 0 Å². The van der Waals surface area contributed by atoms with Crippen molar-refractivity contribution in [2.45, 2.75) is 13.0 Å². The molecule has 4 nitrogen and oxygen atoms in total. The van der Waals surface area contributed by atoms with E-state index in [9.17, 15) is 4.79 Å². The highest BCUT2D eigenvalue weighted by molar-refractivity contribution is 7.09. The van der Waals surface area contributed by atoms with Gasteiger partial charge in [-0.3, -0.25) is 4.79 Å². The molecule has 3 N–H and O–H groups in total. The molecule has 1 amide bonds. The van der Waals surface area contributed by atoms with Crippen LogP contribution in [0.5, 0.6) is 0 Å². The molecule has 0 saturated heterocycles. The second kappa shape index (κ2) is 4.18. The van der Waals surface area contributed by atoms with Gasteiger partial charge in [0.2, 0.25) is 5.91 Å². The first kappa shape index (κ1) is 9.15. The Hall–Kier alpha value is -0.940. The van der Waals surface area contributed by atoms with Crippen LogP contribution in [0.3, 0.4) is 0 Å². The van der Waals surface area contributed by atoms with Gasteiger partial charge in [0.15, 0.2) is 0 Å². The van der Waals surface area contributed by atoms with E-state index < -0.39 is 0 Å². The van der Waals surface area contributed by atoms with Gasteiger partial charge in [-0.15, -0.1) is 11.3 Å². The molecule has 0 aliphatic heterocycles. The van der Waals surface area contributed by atoms with E-state index in [1.807, 2.05) is 12.3 Å². The van der Waals surface area contributed by atoms with E-state index in [0.29, 0.717) is 0 Å². The van der Waals surface area contributed by atoms with Crippen LogP contribution in [0, 0.1) is 0 Å². The fraction of sp³-hybridized carbons (Fsp3) is 0.429. The SMILES string of the molecule is CC(NC(=O)CN)c1nccs1. The van der Waals surface area contributed by atoms with Gasteiger partial charge in [0.05, 0.1) is 12.6 Å². The zero-order valence-corrected chi connectivity index (χ0v) is 7.60. The van der Waals surface area contributed by atoms with Gasteiger partial charge in [0, 0.05) is 11.6 Å². The molecule has 0 saturated carbocycles. The number of nitrogens with zero attached hydrogens (tertiary/aromatic N) is 1. The van der Waals surface area contributed by atoms with Crippen molar-refractivity contribution >= 4 is 17.2 Å². The number of amides is 1. The van der Waals surface area contributed by atoms with Crippen molar-refractivity contribution in [3.05, 3.63) is 16.6 Å². The summed E-state index contributed by atoms with van der Waals surface area (Å²) >= 11 is 1.52. The lowest BCUT2D eigenvalue weighted by Gasteiger charge is -2.09. The number of thiazole rings is 1. The minimum Gasteiger partial charge on any atom is -0.346 e. The first-order valence-electron chi connectivity index (χ1n) is 3.63. The topological polar surface area (TPSA) is 68.0 Å². The van der Waals surface area contributed by atoms with Gasteiger partial charge in [0.1, 0.15) is 5.01 Å². The molecule has 12 heavy (non-hydrogen) atoms. The van der Waals surface area contributed by atoms with Gasteiger partial charge in [-0.05, 0) is 6.92 Å². The second-order valence-corrected chi connectivity index (χ2v) is 3.29. The Morgan fingerprint density at radius 3 is 3.17 bits per heavy atom. The van der Waals surface area contributed by atoms with Crippen LogP contribution in [0.15, 0.2) is 11.6 Å². The zero-order valence-electron chi connectivity index (χ0n) is 6.78. The average Bonchev–Trinajstić information content (AvgIpc) is 2.56. The minimum atomic E-state index is -0.155. The van der Waals surface area contributed by atoms with E-state index in [4.69, 9.17) is 5.73 Å². The first-order valence-corrected chi connectivity index (χ1v) is 4.51. The molecular weight excluding hydrogens is 174 g/mol. The third-order valence-corrected chi connectivity index (χ3v) is 2.34. The van der Waals surface area contributed by atoms with Gasteiger partial charge < -0.3 is 11.1 Å². The van der Waals surface area contributed by atoms with Crippen molar-refractivity contribution < 1.29 is 4.79 Å². The van der Waals surface area contributed by atoms with Gasteiger partial charge in [0.25, 0.3) is 0 Å². The maximum absolute atomic E-state index is 10.9. The third kappa shape index (κ3) is 2.28. The first-order chi connectivity index (χ1) is 5.74. The van der Waals surface area contributed by atoms with Crippen LogP contribution in [0.25, 0.3) is 0 Å². The highest BCUT2D eigenvalue weighted by Gasteiger charge is 2.09. The molecule has 1 aromatic heterocycles.